The van der Waals surface area contributed by atoms with E-state index in [0.717, 1.165) is 28.7 Å². The van der Waals surface area contributed by atoms with Crippen molar-refractivity contribution in [3.63, 3.8) is 0 Å². The molecule has 0 aromatic carbocycles. The molecule has 1 saturated carbocycles. The van der Waals surface area contributed by atoms with Crippen LogP contribution in [0.3, 0.4) is 0 Å². The molecule has 1 aliphatic rings. The summed E-state index contributed by atoms with van der Waals surface area (Å²) in [5, 5.41) is 14.0. The van der Waals surface area contributed by atoms with Gasteiger partial charge in [0.1, 0.15) is 11.3 Å². The summed E-state index contributed by atoms with van der Waals surface area (Å²) in [5.41, 5.74) is 2.88. The van der Waals surface area contributed by atoms with E-state index >= 15 is 0 Å². The fourth-order valence-electron chi connectivity index (χ4n) is 3.60. The summed E-state index contributed by atoms with van der Waals surface area (Å²) >= 11 is 0. The molecule has 24 heavy (non-hydrogen) atoms. The molecule has 6 nitrogen and oxygen atoms in total. The summed E-state index contributed by atoms with van der Waals surface area (Å²) in [5.74, 6) is 2.24. The molecular formula is C18H23N5O. The fourth-order valence-corrected chi connectivity index (χ4v) is 3.60. The van der Waals surface area contributed by atoms with E-state index in [2.05, 4.69) is 11.3 Å². The summed E-state index contributed by atoms with van der Waals surface area (Å²) in [6, 6.07) is 6.00. The van der Waals surface area contributed by atoms with Crippen LogP contribution in [0.2, 0.25) is 0 Å². The van der Waals surface area contributed by atoms with E-state index in [9.17, 15) is 5.11 Å². The Labute approximate surface area is 141 Å². The minimum Gasteiger partial charge on any atom is -0.396 e. The van der Waals surface area contributed by atoms with Crippen LogP contribution < -0.4 is 0 Å². The Kier molecular flexibility index (Phi) is 4.06. The summed E-state index contributed by atoms with van der Waals surface area (Å²) in [4.78, 5) is 9.63. The van der Waals surface area contributed by atoms with Crippen LogP contribution in [0.5, 0.6) is 0 Å². The fraction of sp³-hybridized carbons (Fsp3) is 0.500. The zero-order chi connectivity index (χ0) is 16.5. The van der Waals surface area contributed by atoms with E-state index in [1.165, 1.54) is 25.7 Å². The van der Waals surface area contributed by atoms with Crippen molar-refractivity contribution in [3.05, 3.63) is 35.9 Å². The highest BCUT2D eigenvalue weighted by atomic mass is 16.3. The van der Waals surface area contributed by atoms with E-state index in [1.807, 2.05) is 29.1 Å². The van der Waals surface area contributed by atoms with Gasteiger partial charge in [0.2, 0.25) is 0 Å². The zero-order valence-electron chi connectivity index (χ0n) is 14.0. The topological polar surface area (TPSA) is 68.2 Å². The normalized spacial score (nSPS) is 15.6. The zero-order valence-corrected chi connectivity index (χ0v) is 14.0. The van der Waals surface area contributed by atoms with Crippen LogP contribution in [0.4, 0.5) is 0 Å². The predicted molar refractivity (Wildman–Crippen MR) is 91.9 cm³/mol. The van der Waals surface area contributed by atoms with Gasteiger partial charge in [-0.25, -0.2) is 14.6 Å². The summed E-state index contributed by atoms with van der Waals surface area (Å²) in [6.07, 6.45) is 7.57. The Balaban J connectivity index is 1.80. The molecule has 0 bridgehead atoms. The molecule has 3 aromatic heterocycles. The maximum Gasteiger partial charge on any atom is 0.178 e. The highest BCUT2D eigenvalue weighted by molar-refractivity contribution is 5.60. The molecular weight excluding hydrogens is 302 g/mol. The molecule has 0 spiro atoms. The molecule has 126 valence electrons. The number of hydrogen-bond donors (Lipinski definition) is 1. The second kappa shape index (κ2) is 6.36. The second-order valence-corrected chi connectivity index (χ2v) is 6.55. The number of aliphatic hydroxyl groups excluding tert-OH is 1. The van der Waals surface area contributed by atoms with Crippen molar-refractivity contribution < 1.29 is 5.11 Å². The SMILES string of the molecule is Cc1c(-c2nc(C3CCCC3)nn2CCCO)nc2ccccn12. The van der Waals surface area contributed by atoms with Gasteiger partial charge in [-0.05, 0) is 38.3 Å². The van der Waals surface area contributed by atoms with E-state index in [-0.39, 0.29) is 6.61 Å². The maximum atomic E-state index is 9.20. The lowest BCUT2D eigenvalue weighted by molar-refractivity contribution is 0.277. The quantitative estimate of drug-likeness (QED) is 0.783. The van der Waals surface area contributed by atoms with Gasteiger partial charge in [0.05, 0.1) is 5.69 Å². The molecule has 1 N–H and O–H groups in total. The number of imidazole rings is 1. The van der Waals surface area contributed by atoms with Crippen LogP contribution in [-0.4, -0.2) is 35.9 Å². The molecule has 4 rings (SSSR count). The lowest BCUT2D eigenvalue weighted by Gasteiger charge is -2.03. The van der Waals surface area contributed by atoms with Crippen molar-refractivity contribution in [1.82, 2.24) is 24.1 Å². The minimum atomic E-state index is 0.155. The van der Waals surface area contributed by atoms with Crippen molar-refractivity contribution >= 4 is 5.65 Å². The Hall–Kier alpha value is -2.21. The van der Waals surface area contributed by atoms with Gasteiger partial charge in [0.15, 0.2) is 11.6 Å². The van der Waals surface area contributed by atoms with Gasteiger partial charge in [-0.1, -0.05) is 18.9 Å². The predicted octanol–water partition coefficient (Wildman–Crippen LogP) is 2.94. The first-order valence-electron chi connectivity index (χ1n) is 8.77. The second-order valence-electron chi connectivity index (χ2n) is 6.55. The molecule has 6 heteroatoms. The Morgan fingerprint density at radius 2 is 2.04 bits per heavy atom. The first-order valence-corrected chi connectivity index (χ1v) is 8.77. The molecule has 0 radical (unpaired) electrons. The first kappa shape index (κ1) is 15.3. The Morgan fingerprint density at radius 1 is 1.21 bits per heavy atom. The lowest BCUT2D eigenvalue weighted by Crippen LogP contribution is -2.06. The number of pyridine rings is 1. The Morgan fingerprint density at radius 3 is 2.79 bits per heavy atom. The van der Waals surface area contributed by atoms with Crippen molar-refractivity contribution in [2.45, 2.75) is 51.5 Å². The average molecular weight is 325 g/mol. The average Bonchev–Trinajstić information content (AvgIpc) is 3.32. The van der Waals surface area contributed by atoms with Gasteiger partial charge < -0.3 is 9.51 Å². The van der Waals surface area contributed by atoms with Gasteiger partial charge in [-0.3, -0.25) is 0 Å². The number of aliphatic hydroxyl groups is 1. The molecule has 3 heterocycles. The van der Waals surface area contributed by atoms with Gasteiger partial charge in [0.25, 0.3) is 0 Å². The van der Waals surface area contributed by atoms with E-state index < -0.39 is 0 Å². The lowest BCUT2D eigenvalue weighted by atomic mass is 10.1. The number of aromatic nitrogens is 5. The van der Waals surface area contributed by atoms with Crippen LogP contribution >= 0.6 is 0 Å². The molecule has 1 fully saturated rings. The van der Waals surface area contributed by atoms with Crippen molar-refractivity contribution in [1.29, 1.82) is 0 Å². The van der Waals surface area contributed by atoms with Crippen LogP contribution in [0.25, 0.3) is 17.2 Å². The number of hydrogen-bond acceptors (Lipinski definition) is 4. The third-order valence-corrected chi connectivity index (χ3v) is 4.92. The number of aryl methyl sites for hydroxylation is 2. The van der Waals surface area contributed by atoms with Crippen LogP contribution in [-0.2, 0) is 6.54 Å². The largest absolute Gasteiger partial charge is 0.396 e. The van der Waals surface area contributed by atoms with Gasteiger partial charge >= 0.3 is 0 Å². The van der Waals surface area contributed by atoms with Crippen molar-refractivity contribution in [2.24, 2.45) is 0 Å². The van der Waals surface area contributed by atoms with E-state index in [1.54, 1.807) is 0 Å². The monoisotopic (exact) mass is 325 g/mol. The van der Waals surface area contributed by atoms with E-state index in [0.29, 0.717) is 18.9 Å². The first-order chi connectivity index (χ1) is 11.8. The summed E-state index contributed by atoms with van der Waals surface area (Å²) < 4.78 is 4.01. The molecule has 0 aliphatic heterocycles. The molecule has 0 amide bonds. The summed E-state index contributed by atoms with van der Waals surface area (Å²) in [7, 11) is 0. The number of rotatable bonds is 5. The smallest absolute Gasteiger partial charge is 0.178 e. The Bertz CT molecular complexity index is 844. The molecule has 0 atom stereocenters. The molecule has 0 saturated heterocycles. The number of fused-ring (bicyclic) bond motifs is 1. The van der Waals surface area contributed by atoms with Crippen LogP contribution in [0, 0.1) is 6.92 Å². The van der Waals surface area contributed by atoms with Crippen LogP contribution in [0.15, 0.2) is 24.4 Å². The van der Waals surface area contributed by atoms with Gasteiger partial charge in [-0.2, -0.15) is 5.10 Å². The highest BCUT2D eigenvalue weighted by Gasteiger charge is 2.25. The molecule has 1 aliphatic carbocycles. The standard InChI is InChI=1S/C18H23N5O/c1-13-16(19-15-9-4-5-10-22(13)15)18-20-17(14-7-2-3-8-14)21-23(18)11-6-12-24/h4-5,9-10,14,24H,2-3,6-8,11-12H2,1H3. The maximum absolute atomic E-state index is 9.20. The van der Waals surface area contributed by atoms with Crippen molar-refractivity contribution in [2.75, 3.05) is 6.61 Å². The number of nitrogens with zero attached hydrogens (tertiary/aromatic N) is 5. The molecule has 0 unspecified atom stereocenters. The third-order valence-electron chi connectivity index (χ3n) is 4.92. The minimum absolute atomic E-state index is 0.155. The van der Waals surface area contributed by atoms with E-state index in [4.69, 9.17) is 15.1 Å². The van der Waals surface area contributed by atoms with Crippen molar-refractivity contribution in [3.8, 4) is 11.5 Å². The van der Waals surface area contributed by atoms with Crippen LogP contribution in [0.1, 0.15) is 49.5 Å². The highest BCUT2D eigenvalue weighted by Crippen LogP contribution is 2.33. The van der Waals surface area contributed by atoms with Gasteiger partial charge in [-0.15, -0.1) is 0 Å². The third kappa shape index (κ3) is 2.60. The van der Waals surface area contributed by atoms with Gasteiger partial charge in [0, 0.05) is 25.3 Å². The molecule has 3 aromatic rings. The summed E-state index contributed by atoms with van der Waals surface area (Å²) in [6.45, 7) is 2.89.